The molecule has 2 aliphatic rings. The van der Waals surface area contributed by atoms with Gasteiger partial charge in [-0.15, -0.1) is 0 Å². The molecule has 1 aliphatic heterocycles. The van der Waals surface area contributed by atoms with Crippen molar-refractivity contribution in [2.24, 2.45) is 4.99 Å². The zero-order valence-electron chi connectivity index (χ0n) is 16.3. The third kappa shape index (κ3) is 6.89. The molecule has 0 amide bonds. The Morgan fingerprint density at radius 2 is 1.92 bits per heavy atom. The summed E-state index contributed by atoms with van der Waals surface area (Å²) < 4.78 is 32.2. The minimum atomic E-state index is -3.29. The van der Waals surface area contributed by atoms with E-state index < -0.39 is 10.0 Å². The van der Waals surface area contributed by atoms with Crippen LogP contribution in [0.5, 0.6) is 0 Å². The summed E-state index contributed by atoms with van der Waals surface area (Å²) in [6, 6.07) is 0. The Bertz CT molecular complexity index is 594. The number of hydrogen-bond donors (Lipinski definition) is 2. The van der Waals surface area contributed by atoms with E-state index in [9.17, 15) is 8.42 Å². The van der Waals surface area contributed by atoms with E-state index in [2.05, 4.69) is 21.7 Å². The van der Waals surface area contributed by atoms with Crippen molar-refractivity contribution in [3.63, 3.8) is 0 Å². The second-order valence-corrected chi connectivity index (χ2v) is 9.26. The van der Waals surface area contributed by atoms with Crippen molar-refractivity contribution in [3.8, 4) is 0 Å². The molecule has 1 fully saturated rings. The van der Waals surface area contributed by atoms with Gasteiger partial charge in [-0.2, -0.15) is 4.31 Å². The fourth-order valence-corrected chi connectivity index (χ4v) is 4.97. The third-order valence-electron chi connectivity index (χ3n) is 4.78. The number of aliphatic imine (C=N–C) groups is 1. The molecule has 2 unspecified atom stereocenters. The van der Waals surface area contributed by atoms with Crippen LogP contribution in [0.25, 0.3) is 0 Å². The minimum Gasteiger partial charge on any atom is -0.373 e. The second-order valence-electron chi connectivity index (χ2n) is 7.17. The Labute approximate surface area is 158 Å². The van der Waals surface area contributed by atoms with E-state index in [1.807, 2.05) is 13.8 Å². The summed E-state index contributed by atoms with van der Waals surface area (Å²) in [4.78, 5) is 4.17. The number of sulfonamides is 1. The van der Waals surface area contributed by atoms with Gasteiger partial charge >= 0.3 is 0 Å². The molecule has 0 radical (unpaired) electrons. The summed E-state index contributed by atoms with van der Waals surface area (Å²) in [5.74, 6) is 0.707. The quantitative estimate of drug-likeness (QED) is 0.393. The van der Waals surface area contributed by atoms with E-state index in [0.29, 0.717) is 25.6 Å². The van der Waals surface area contributed by atoms with Crippen LogP contribution in [-0.4, -0.2) is 69.9 Å². The Balaban J connectivity index is 1.71. The predicted octanol–water partition coefficient (Wildman–Crippen LogP) is 1.48. The van der Waals surface area contributed by atoms with E-state index in [1.165, 1.54) is 31.3 Å². The number of rotatable bonds is 7. The molecule has 0 spiro atoms. The molecule has 0 aromatic carbocycles. The normalized spacial score (nSPS) is 25.7. The van der Waals surface area contributed by atoms with Gasteiger partial charge in [0.05, 0.1) is 18.0 Å². The first-order valence-corrected chi connectivity index (χ1v) is 11.3. The Kier molecular flexibility index (Phi) is 8.37. The van der Waals surface area contributed by atoms with Gasteiger partial charge in [0.15, 0.2) is 5.96 Å². The molecule has 1 saturated heterocycles. The molecule has 150 valence electrons. The lowest BCUT2D eigenvalue weighted by atomic mass is 9.97. The molecule has 0 aromatic rings. The maximum absolute atomic E-state index is 12.5. The van der Waals surface area contributed by atoms with Crippen molar-refractivity contribution >= 4 is 16.0 Å². The second kappa shape index (κ2) is 10.3. The number of nitrogens with zero attached hydrogens (tertiary/aromatic N) is 2. The first kappa shape index (κ1) is 21.2. The number of nitrogens with one attached hydrogen (secondary N) is 2. The average molecular weight is 387 g/mol. The summed E-state index contributed by atoms with van der Waals surface area (Å²) >= 11 is 0. The summed E-state index contributed by atoms with van der Waals surface area (Å²) in [6.07, 6.45) is 8.21. The molecular formula is C18H34N4O3S. The first-order chi connectivity index (χ1) is 12.4. The van der Waals surface area contributed by atoms with Gasteiger partial charge in [-0.05, 0) is 46.0 Å². The first-order valence-electron chi connectivity index (χ1n) is 9.66. The number of ether oxygens (including phenoxy) is 1. The molecule has 2 atom stereocenters. The molecule has 2 N–H and O–H groups in total. The number of allylic oxidation sites excluding steroid dienone is 1. The van der Waals surface area contributed by atoms with Crippen molar-refractivity contribution in [2.45, 2.75) is 58.2 Å². The van der Waals surface area contributed by atoms with E-state index in [0.717, 1.165) is 13.0 Å². The summed E-state index contributed by atoms with van der Waals surface area (Å²) in [5.41, 5.74) is 1.51. The molecule has 8 heteroatoms. The summed E-state index contributed by atoms with van der Waals surface area (Å²) in [6.45, 7) is 5.82. The molecule has 0 aromatic heterocycles. The van der Waals surface area contributed by atoms with Crippen LogP contribution in [0.15, 0.2) is 16.6 Å². The van der Waals surface area contributed by atoms with Crippen molar-refractivity contribution < 1.29 is 13.2 Å². The summed E-state index contributed by atoms with van der Waals surface area (Å²) in [7, 11) is -1.59. The van der Waals surface area contributed by atoms with Gasteiger partial charge in [-0.25, -0.2) is 8.42 Å². The lowest BCUT2D eigenvalue weighted by Gasteiger charge is -2.34. The summed E-state index contributed by atoms with van der Waals surface area (Å²) in [5, 5.41) is 6.37. The van der Waals surface area contributed by atoms with Gasteiger partial charge in [0.2, 0.25) is 10.0 Å². The van der Waals surface area contributed by atoms with Crippen molar-refractivity contribution in [2.75, 3.05) is 39.0 Å². The Hall–Kier alpha value is -1.12. The maximum atomic E-state index is 12.5. The fourth-order valence-electron chi connectivity index (χ4n) is 3.48. The zero-order chi connectivity index (χ0) is 19.0. The van der Waals surface area contributed by atoms with Crippen LogP contribution >= 0.6 is 0 Å². The SMILES string of the molecule is CN=C(NCCC1=CCCCC1)NCCS(=O)(=O)N1CC(C)OC(C)C1. The lowest BCUT2D eigenvalue weighted by Crippen LogP contribution is -2.50. The van der Waals surface area contributed by atoms with Crippen LogP contribution in [-0.2, 0) is 14.8 Å². The van der Waals surface area contributed by atoms with Crippen LogP contribution in [0, 0.1) is 0 Å². The number of hydrogen-bond acceptors (Lipinski definition) is 4. The highest BCUT2D eigenvalue weighted by Crippen LogP contribution is 2.19. The van der Waals surface area contributed by atoms with Gasteiger partial charge in [0, 0.05) is 33.2 Å². The van der Waals surface area contributed by atoms with E-state index in [4.69, 9.17) is 4.74 Å². The fraction of sp³-hybridized carbons (Fsp3) is 0.833. The molecule has 1 aliphatic carbocycles. The number of morpholine rings is 1. The standard InChI is InChI=1S/C18H34N4O3S/c1-15-13-22(14-16(2)25-15)26(23,24)12-11-21-18(19-3)20-10-9-17-7-5-4-6-8-17/h7,15-16H,4-6,8-14H2,1-3H3,(H2,19,20,21). The Morgan fingerprint density at radius 1 is 1.23 bits per heavy atom. The zero-order valence-corrected chi connectivity index (χ0v) is 17.1. The highest BCUT2D eigenvalue weighted by Gasteiger charge is 2.30. The van der Waals surface area contributed by atoms with Crippen LogP contribution < -0.4 is 10.6 Å². The highest BCUT2D eigenvalue weighted by molar-refractivity contribution is 7.89. The molecule has 0 saturated carbocycles. The third-order valence-corrected chi connectivity index (χ3v) is 6.58. The minimum absolute atomic E-state index is 0.0539. The van der Waals surface area contributed by atoms with E-state index >= 15 is 0 Å². The van der Waals surface area contributed by atoms with Gasteiger partial charge in [0.25, 0.3) is 0 Å². The molecule has 1 heterocycles. The smallest absolute Gasteiger partial charge is 0.216 e. The van der Waals surface area contributed by atoms with Crippen molar-refractivity contribution in [1.29, 1.82) is 0 Å². The lowest BCUT2D eigenvalue weighted by molar-refractivity contribution is -0.0440. The van der Waals surface area contributed by atoms with Gasteiger partial charge in [0.1, 0.15) is 0 Å². The molecule has 7 nitrogen and oxygen atoms in total. The molecule has 26 heavy (non-hydrogen) atoms. The Morgan fingerprint density at radius 3 is 2.54 bits per heavy atom. The highest BCUT2D eigenvalue weighted by atomic mass is 32.2. The average Bonchev–Trinajstić information content (AvgIpc) is 2.60. The topological polar surface area (TPSA) is 83.0 Å². The van der Waals surface area contributed by atoms with Gasteiger partial charge in [-0.1, -0.05) is 11.6 Å². The van der Waals surface area contributed by atoms with Crippen LogP contribution in [0.3, 0.4) is 0 Å². The number of guanidine groups is 1. The monoisotopic (exact) mass is 386 g/mol. The molecular weight excluding hydrogens is 352 g/mol. The van der Waals surface area contributed by atoms with E-state index in [1.54, 1.807) is 11.4 Å². The predicted molar refractivity (Wildman–Crippen MR) is 106 cm³/mol. The van der Waals surface area contributed by atoms with Crippen LogP contribution in [0.2, 0.25) is 0 Å². The van der Waals surface area contributed by atoms with Gasteiger partial charge < -0.3 is 15.4 Å². The van der Waals surface area contributed by atoms with Gasteiger partial charge in [-0.3, -0.25) is 4.99 Å². The molecule has 2 rings (SSSR count). The van der Waals surface area contributed by atoms with Crippen molar-refractivity contribution in [3.05, 3.63) is 11.6 Å². The van der Waals surface area contributed by atoms with Crippen LogP contribution in [0.4, 0.5) is 0 Å². The van der Waals surface area contributed by atoms with Crippen LogP contribution in [0.1, 0.15) is 46.0 Å². The largest absolute Gasteiger partial charge is 0.373 e. The maximum Gasteiger partial charge on any atom is 0.216 e. The van der Waals surface area contributed by atoms with E-state index in [-0.39, 0.29) is 18.0 Å². The molecule has 0 bridgehead atoms. The van der Waals surface area contributed by atoms with Crippen molar-refractivity contribution in [1.82, 2.24) is 14.9 Å².